The Morgan fingerprint density at radius 3 is 2.31 bits per heavy atom. The fourth-order valence-corrected chi connectivity index (χ4v) is 3.73. The van der Waals surface area contributed by atoms with E-state index < -0.39 is 10.0 Å². The molecule has 1 saturated heterocycles. The molecular weight excluding hydrogens is 246 g/mol. The van der Waals surface area contributed by atoms with Crippen molar-refractivity contribution in [3.8, 4) is 0 Å². The van der Waals surface area contributed by atoms with Crippen LogP contribution in [0.3, 0.4) is 0 Å². The van der Waals surface area contributed by atoms with E-state index in [9.17, 15) is 8.42 Å². The average Bonchev–Trinajstić information content (AvgIpc) is 2.07. The van der Waals surface area contributed by atoms with E-state index in [1.54, 1.807) is 19.1 Å². The molecule has 5 heteroatoms. The molecule has 0 radical (unpaired) electrons. The van der Waals surface area contributed by atoms with Crippen LogP contribution in [-0.4, -0.2) is 25.8 Å². The Morgan fingerprint density at radius 1 is 1.19 bits per heavy atom. The zero-order chi connectivity index (χ0) is 11.9. The van der Waals surface area contributed by atoms with Gasteiger partial charge in [0.05, 0.1) is 4.90 Å². The van der Waals surface area contributed by atoms with Crippen LogP contribution in [0.4, 0.5) is 0 Å². The molecule has 2 rings (SSSR count). The lowest BCUT2D eigenvalue weighted by Crippen LogP contribution is -2.42. The minimum atomic E-state index is -3.30. The number of aryl methyl sites for hydroxylation is 2. The highest BCUT2D eigenvalue weighted by atomic mass is 35.5. The summed E-state index contributed by atoms with van der Waals surface area (Å²) in [6.45, 7) is 4.85. The molecule has 1 fully saturated rings. The van der Waals surface area contributed by atoms with Crippen molar-refractivity contribution in [3.63, 3.8) is 0 Å². The van der Waals surface area contributed by atoms with Crippen molar-refractivity contribution in [1.29, 1.82) is 0 Å². The second-order valence-electron chi connectivity index (χ2n) is 4.12. The van der Waals surface area contributed by atoms with Crippen molar-refractivity contribution in [2.45, 2.75) is 25.2 Å². The van der Waals surface area contributed by atoms with E-state index in [-0.39, 0.29) is 0 Å². The molecule has 0 aromatic heterocycles. The van der Waals surface area contributed by atoms with Crippen molar-refractivity contribution in [2.24, 2.45) is 0 Å². The topological polar surface area (TPSA) is 37.4 Å². The van der Waals surface area contributed by atoms with E-state index in [4.69, 9.17) is 11.6 Å². The van der Waals surface area contributed by atoms with Gasteiger partial charge in [0.25, 0.3) is 0 Å². The van der Waals surface area contributed by atoms with Crippen molar-refractivity contribution >= 4 is 21.6 Å². The molecule has 16 heavy (non-hydrogen) atoms. The zero-order valence-corrected chi connectivity index (χ0v) is 10.9. The van der Waals surface area contributed by atoms with E-state index in [0.717, 1.165) is 12.0 Å². The lowest BCUT2D eigenvalue weighted by Gasteiger charge is -2.30. The van der Waals surface area contributed by atoms with E-state index in [1.165, 1.54) is 4.31 Å². The van der Waals surface area contributed by atoms with Gasteiger partial charge in [0, 0.05) is 18.1 Å². The van der Waals surface area contributed by atoms with Crippen LogP contribution < -0.4 is 0 Å². The third kappa shape index (κ3) is 1.85. The first-order valence-electron chi connectivity index (χ1n) is 5.20. The SMILES string of the molecule is Cc1cc(S(=O)(=O)N2CCC2)c(C)cc1Cl. The van der Waals surface area contributed by atoms with Gasteiger partial charge in [-0.1, -0.05) is 11.6 Å². The number of sulfonamides is 1. The van der Waals surface area contributed by atoms with Gasteiger partial charge in [-0.15, -0.1) is 0 Å². The van der Waals surface area contributed by atoms with Crippen molar-refractivity contribution in [2.75, 3.05) is 13.1 Å². The van der Waals surface area contributed by atoms with Gasteiger partial charge in [-0.3, -0.25) is 0 Å². The molecule has 1 aromatic rings. The lowest BCUT2D eigenvalue weighted by atomic mass is 10.2. The summed E-state index contributed by atoms with van der Waals surface area (Å²) in [7, 11) is -3.30. The fourth-order valence-electron chi connectivity index (χ4n) is 1.70. The Labute approximate surface area is 101 Å². The van der Waals surface area contributed by atoms with Crippen LogP contribution in [0.1, 0.15) is 17.5 Å². The molecule has 1 aliphatic heterocycles. The molecule has 3 nitrogen and oxygen atoms in total. The number of benzene rings is 1. The molecule has 0 atom stereocenters. The predicted octanol–water partition coefficient (Wildman–Crippen LogP) is 2.35. The summed E-state index contributed by atoms with van der Waals surface area (Å²) in [6, 6.07) is 3.37. The molecule has 1 aromatic carbocycles. The second-order valence-corrected chi connectivity index (χ2v) is 6.44. The molecule has 88 valence electrons. The molecule has 0 unspecified atom stereocenters. The summed E-state index contributed by atoms with van der Waals surface area (Å²) in [5.41, 5.74) is 1.51. The number of hydrogen-bond donors (Lipinski definition) is 0. The van der Waals surface area contributed by atoms with Gasteiger partial charge < -0.3 is 0 Å². The van der Waals surface area contributed by atoms with Gasteiger partial charge in [0.15, 0.2) is 0 Å². The Bertz CT molecular complexity index is 521. The smallest absolute Gasteiger partial charge is 0.207 e. The monoisotopic (exact) mass is 259 g/mol. The van der Waals surface area contributed by atoms with E-state index in [0.29, 0.717) is 28.6 Å². The molecule has 0 aliphatic carbocycles. The number of rotatable bonds is 2. The van der Waals surface area contributed by atoms with Crippen molar-refractivity contribution in [3.05, 3.63) is 28.3 Å². The summed E-state index contributed by atoms with van der Waals surface area (Å²) < 4.78 is 25.9. The first-order valence-corrected chi connectivity index (χ1v) is 7.01. The maximum atomic E-state index is 12.2. The van der Waals surface area contributed by atoms with Crippen LogP contribution in [0.5, 0.6) is 0 Å². The molecule has 0 amide bonds. The second kappa shape index (κ2) is 4.02. The van der Waals surface area contributed by atoms with Crippen LogP contribution in [0.2, 0.25) is 5.02 Å². The molecule has 0 spiro atoms. The minimum absolute atomic E-state index is 0.383. The Morgan fingerprint density at radius 2 is 1.81 bits per heavy atom. The largest absolute Gasteiger partial charge is 0.243 e. The average molecular weight is 260 g/mol. The van der Waals surface area contributed by atoms with Crippen molar-refractivity contribution < 1.29 is 8.42 Å². The fraction of sp³-hybridized carbons (Fsp3) is 0.455. The van der Waals surface area contributed by atoms with Gasteiger partial charge in [-0.25, -0.2) is 8.42 Å². The number of halogens is 1. The summed E-state index contributed by atoms with van der Waals surface area (Å²) in [6.07, 6.45) is 0.949. The summed E-state index contributed by atoms with van der Waals surface area (Å²) >= 11 is 5.96. The molecule has 0 saturated carbocycles. The third-order valence-corrected chi connectivity index (χ3v) is 5.34. The lowest BCUT2D eigenvalue weighted by molar-refractivity contribution is 0.309. The molecule has 0 bridgehead atoms. The molecule has 1 aliphatic rings. The van der Waals surface area contributed by atoms with Gasteiger partial charge in [-0.05, 0) is 43.5 Å². The van der Waals surface area contributed by atoms with Gasteiger partial charge in [-0.2, -0.15) is 4.31 Å². The van der Waals surface area contributed by atoms with E-state index >= 15 is 0 Å². The maximum Gasteiger partial charge on any atom is 0.243 e. The zero-order valence-electron chi connectivity index (χ0n) is 9.33. The highest BCUT2D eigenvalue weighted by Gasteiger charge is 2.30. The predicted molar refractivity (Wildman–Crippen MR) is 64.3 cm³/mol. The van der Waals surface area contributed by atoms with Crippen LogP contribution in [-0.2, 0) is 10.0 Å². The summed E-state index contributed by atoms with van der Waals surface area (Å²) in [5.74, 6) is 0. The van der Waals surface area contributed by atoms with Crippen LogP contribution in [0, 0.1) is 13.8 Å². The highest BCUT2D eigenvalue weighted by Crippen LogP contribution is 2.28. The standard InChI is InChI=1S/C11H14ClNO2S/c1-8-7-11(9(2)6-10(8)12)16(14,15)13-4-3-5-13/h6-7H,3-5H2,1-2H3. The maximum absolute atomic E-state index is 12.2. The highest BCUT2D eigenvalue weighted by molar-refractivity contribution is 7.89. The summed E-state index contributed by atoms with van der Waals surface area (Å²) in [5, 5.41) is 0.611. The first kappa shape index (κ1) is 11.9. The quantitative estimate of drug-likeness (QED) is 0.818. The first-order chi connectivity index (χ1) is 7.43. The van der Waals surface area contributed by atoms with E-state index in [2.05, 4.69) is 0 Å². The molecule has 0 N–H and O–H groups in total. The normalized spacial score (nSPS) is 17.2. The van der Waals surface area contributed by atoms with Gasteiger partial charge >= 0.3 is 0 Å². The molecule has 1 heterocycles. The van der Waals surface area contributed by atoms with Crippen LogP contribution >= 0.6 is 11.6 Å². The van der Waals surface area contributed by atoms with Crippen LogP contribution in [0.25, 0.3) is 0 Å². The summed E-state index contributed by atoms with van der Waals surface area (Å²) in [4.78, 5) is 0.383. The number of nitrogens with zero attached hydrogens (tertiary/aromatic N) is 1. The number of hydrogen-bond acceptors (Lipinski definition) is 2. The van der Waals surface area contributed by atoms with Crippen LogP contribution in [0.15, 0.2) is 17.0 Å². The third-order valence-electron chi connectivity index (χ3n) is 2.89. The minimum Gasteiger partial charge on any atom is -0.207 e. The Hall–Kier alpha value is -0.580. The Kier molecular flexibility index (Phi) is 2.99. The van der Waals surface area contributed by atoms with Gasteiger partial charge in [0.1, 0.15) is 0 Å². The van der Waals surface area contributed by atoms with Crippen molar-refractivity contribution in [1.82, 2.24) is 4.31 Å². The Balaban J connectivity index is 2.51. The van der Waals surface area contributed by atoms with E-state index in [1.807, 2.05) is 6.92 Å². The van der Waals surface area contributed by atoms with Gasteiger partial charge in [0.2, 0.25) is 10.0 Å². The molecular formula is C11H14ClNO2S.